The molecule has 0 bridgehead atoms. The molecule has 2 saturated heterocycles. The van der Waals surface area contributed by atoms with Crippen LogP contribution in [0.2, 0.25) is 0 Å². The smallest absolute Gasteiger partial charge is 0.424 e. The second-order valence-corrected chi connectivity index (χ2v) is 9.55. The SMILES string of the molecule is COC(=O)C1c2ccccc2N2C[C@H]3[C@H](OC(=O)N3S(=O)(=O)c3ccc(C)cc3)C12. The van der Waals surface area contributed by atoms with Gasteiger partial charge in [0.05, 0.1) is 18.0 Å². The molecule has 30 heavy (non-hydrogen) atoms. The van der Waals surface area contributed by atoms with E-state index in [2.05, 4.69) is 0 Å². The van der Waals surface area contributed by atoms with Crippen molar-refractivity contribution in [3.05, 3.63) is 59.7 Å². The third kappa shape index (κ3) is 2.48. The van der Waals surface area contributed by atoms with Crippen LogP contribution in [0, 0.1) is 6.92 Å². The summed E-state index contributed by atoms with van der Waals surface area (Å²) >= 11 is 0. The lowest BCUT2D eigenvalue weighted by Gasteiger charge is -2.24. The summed E-state index contributed by atoms with van der Waals surface area (Å²) in [4.78, 5) is 27.3. The van der Waals surface area contributed by atoms with Crippen molar-refractivity contribution in [3.63, 3.8) is 0 Å². The van der Waals surface area contributed by atoms with Crippen molar-refractivity contribution >= 4 is 27.8 Å². The predicted octanol–water partition coefficient (Wildman–Crippen LogP) is 2.03. The van der Waals surface area contributed by atoms with Crippen molar-refractivity contribution < 1.29 is 27.5 Å². The van der Waals surface area contributed by atoms with Crippen molar-refractivity contribution in [1.82, 2.24) is 4.31 Å². The lowest BCUT2D eigenvalue weighted by Crippen LogP contribution is -2.42. The molecule has 0 saturated carbocycles. The Morgan fingerprint density at radius 2 is 1.83 bits per heavy atom. The molecule has 8 nitrogen and oxygen atoms in total. The Hall–Kier alpha value is -3.07. The Kier molecular flexibility index (Phi) is 4.08. The van der Waals surface area contributed by atoms with Gasteiger partial charge in [0, 0.05) is 12.2 Å². The van der Waals surface area contributed by atoms with Crippen LogP contribution >= 0.6 is 0 Å². The summed E-state index contributed by atoms with van der Waals surface area (Å²) in [6, 6.07) is 12.5. The van der Waals surface area contributed by atoms with Gasteiger partial charge in [-0.05, 0) is 30.7 Å². The Morgan fingerprint density at radius 3 is 2.53 bits per heavy atom. The van der Waals surface area contributed by atoms with E-state index in [4.69, 9.17) is 9.47 Å². The molecule has 0 N–H and O–H groups in total. The van der Waals surface area contributed by atoms with Crippen molar-refractivity contribution in [2.75, 3.05) is 18.6 Å². The minimum absolute atomic E-state index is 0.0303. The van der Waals surface area contributed by atoms with E-state index in [0.717, 1.165) is 21.1 Å². The van der Waals surface area contributed by atoms with Gasteiger partial charge >= 0.3 is 12.1 Å². The van der Waals surface area contributed by atoms with Crippen LogP contribution in [0.4, 0.5) is 10.5 Å². The number of sulfonamides is 1. The largest absolute Gasteiger partial charge is 0.468 e. The number of carbonyl (C=O) groups excluding carboxylic acids is 2. The van der Waals surface area contributed by atoms with E-state index in [1.807, 2.05) is 36.1 Å². The van der Waals surface area contributed by atoms with Crippen LogP contribution in [0.1, 0.15) is 17.0 Å². The molecule has 2 unspecified atom stereocenters. The quantitative estimate of drug-likeness (QED) is 0.691. The number of carbonyl (C=O) groups is 2. The average molecular weight is 428 g/mol. The zero-order valence-electron chi connectivity index (χ0n) is 16.4. The number of aryl methyl sites for hydroxylation is 1. The van der Waals surface area contributed by atoms with Crippen molar-refractivity contribution in [2.24, 2.45) is 0 Å². The van der Waals surface area contributed by atoms with Gasteiger partial charge in [-0.15, -0.1) is 0 Å². The Morgan fingerprint density at radius 1 is 1.13 bits per heavy atom. The highest BCUT2D eigenvalue weighted by Gasteiger charge is 2.63. The topological polar surface area (TPSA) is 93.2 Å². The van der Waals surface area contributed by atoms with E-state index in [9.17, 15) is 18.0 Å². The molecule has 3 heterocycles. The second-order valence-electron chi connectivity index (χ2n) is 7.73. The number of benzene rings is 2. The fourth-order valence-corrected chi connectivity index (χ4v) is 6.30. The minimum Gasteiger partial charge on any atom is -0.468 e. The van der Waals surface area contributed by atoms with Crippen molar-refractivity contribution in [3.8, 4) is 0 Å². The van der Waals surface area contributed by atoms with Crippen LogP contribution in [0.15, 0.2) is 53.4 Å². The maximum Gasteiger partial charge on any atom is 0.424 e. The molecular formula is C21H20N2O6S. The first-order valence-electron chi connectivity index (χ1n) is 9.59. The third-order valence-corrected chi connectivity index (χ3v) is 7.94. The third-order valence-electron chi connectivity index (χ3n) is 6.13. The van der Waals surface area contributed by atoms with Crippen LogP contribution in [-0.2, 0) is 24.3 Å². The summed E-state index contributed by atoms with van der Waals surface area (Å²) in [6.07, 6.45) is -1.68. The molecule has 3 aliphatic heterocycles. The first-order chi connectivity index (χ1) is 14.3. The number of rotatable bonds is 3. The van der Waals surface area contributed by atoms with Gasteiger partial charge < -0.3 is 14.4 Å². The van der Waals surface area contributed by atoms with Gasteiger partial charge in [-0.25, -0.2) is 13.2 Å². The first-order valence-corrected chi connectivity index (χ1v) is 11.0. The van der Waals surface area contributed by atoms with Gasteiger partial charge in [0.25, 0.3) is 10.0 Å². The standard InChI is InChI=1S/C21H20N2O6S/c1-12-7-9-13(10-8-12)30(26,27)23-16-11-22-15-6-4-3-5-14(15)17(20(24)28-2)18(22)19(16)29-21(23)25/h3-10,16-19H,11H2,1-2H3/t16-,17?,18?,19-/m0/s1. The van der Waals surface area contributed by atoms with Crippen LogP contribution in [0.3, 0.4) is 0 Å². The summed E-state index contributed by atoms with van der Waals surface area (Å²) in [5.41, 5.74) is 2.54. The van der Waals surface area contributed by atoms with Gasteiger partial charge in [-0.2, -0.15) is 4.31 Å². The van der Waals surface area contributed by atoms with Gasteiger partial charge in [0.15, 0.2) is 0 Å². The Labute approximate surface area is 174 Å². The molecule has 9 heteroatoms. The summed E-state index contributed by atoms with van der Waals surface area (Å²) in [6.45, 7) is 2.10. The zero-order valence-corrected chi connectivity index (χ0v) is 17.2. The fraction of sp³-hybridized carbons (Fsp3) is 0.333. The molecule has 0 aliphatic carbocycles. The molecule has 2 fully saturated rings. The lowest BCUT2D eigenvalue weighted by atomic mass is 9.91. The van der Waals surface area contributed by atoms with Crippen LogP contribution < -0.4 is 4.90 Å². The van der Waals surface area contributed by atoms with Gasteiger partial charge in [-0.1, -0.05) is 35.9 Å². The number of esters is 1. The number of hydrogen-bond donors (Lipinski definition) is 0. The molecule has 5 rings (SSSR count). The number of para-hydroxylation sites is 1. The zero-order chi connectivity index (χ0) is 21.2. The number of hydrogen-bond acceptors (Lipinski definition) is 7. The summed E-state index contributed by atoms with van der Waals surface area (Å²) in [5.74, 6) is -1.09. The normalized spacial score (nSPS) is 26.8. The summed E-state index contributed by atoms with van der Waals surface area (Å²) in [7, 11) is -2.78. The number of amides is 1. The lowest BCUT2D eigenvalue weighted by molar-refractivity contribution is -0.143. The maximum atomic E-state index is 13.3. The Bertz CT molecular complexity index is 1150. The molecule has 1 amide bonds. The van der Waals surface area contributed by atoms with E-state index in [-0.39, 0.29) is 11.4 Å². The summed E-state index contributed by atoms with van der Waals surface area (Å²) < 4.78 is 37.9. The molecule has 4 atom stereocenters. The minimum atomic E-state index is -4.09. The highest BCUT2D eigenvalue weighted by molar-refractivity contribution is 7.89. The maximum absolute atomic E-state index is 13.3. The van der Waals surface area contributed by atoms with Gasteiger partial charge in [-0.3, -0.25) is 4.79 Å². The number of nitrogens with zero attached hydrogens (tertiary/aromatic N) is 2. The average Bonchev–Trinajstić information content (AvgIpc) is 3.34. The van der Waals surface area contributed by atoms with E-state index in [1.165, 1.54) is 19.2 Å². The van der Waals surface area contributed by atoms with Crippen molar-refractivity contribution in [2.45, 2.75) is 35.9 Å². The highest BCUT2D eigenvalue weighted by atomic mass is 32.2. The second kappa shape index (κ2) is 6.46. The van der Waals surface area contributed by atoms with Gasteiger partial charge in [0.1, 0.15) is 18.1 Å². The van der Waals surface area contributed by atoms with Crippen LogP contribution in [0.25, 0.3) is 0 Å². The molecule has 0 radical (unpaired) electrons. The summed E-state index contributed by atoms with van der Waals surface area (Å²) in [5, 5.41) is 0. The van der Waals surface area contributed by atoms with Crippen LogP contribution in [-0.4, -0.2) is 56.6 Å². The highest BCUT2D eigenvalue weighted by Crippen LogP contribution is 2.50. The molecule has 2 aromatic carbocycles. The van der Waals surface area contributed by atoms with E-state index >= 15 is 0 Å². The molecular weight excluding hydrogens is 408 g/mol. The fourth-order valence-electron chi connectivity index (χ4n) is 4.81. The van der Waals surface area contributed by atoms with Crippen molar-refractivity contribution in [1.29, 1.82) is 0 Å². The van der Waals surface area contributed by atoms with E-state index < -0.39 is 46.2 Å². The molecule has 156 valence electrons. The molecule has 3 aliphatic rings. The van der Waals surface area contributed by atoms with Gasteiger partial charge in [0.2, 0.25) is 0 Å². The number of methoxy groups -OCH3 is 1. The molecule has 0 aromatic heterocycles. The number of anilines is 1. The van der Waals surface area contributed by atoms with E-state index in [1.54, 1.807) is 12.1 Å². The first kappa shape index (κ1) is 18.9. The number of fused-ring (bicyclic) bond motifs is 5. The molecule has 0 spiro atoms. The monoisotopic (exact) mass is 428 g/mol. The number of ether oxygens (including phenoxy) is 2. The predicted molar refractivity (Wildman–Crippen MR) is 107 cm³/mol. The molecule has 2 aromatic rings. The van der Waals surface area contributed by atoms with E-state index in [0.29, 0.717) is 0 Å². The Balaban J connectivity index is 1.56. The van der Waals surface area contributed by atoms with Crippen LogP contribution in [0.5, 0.6) is 0 Å².